The van der Waals surface area contributed by atoms with E-state index >= 15 is 0 Å². The topological polar surface area (TPSA) is 12.9 Å². The van der Waals surface area contributed by atoms with E-state index in [1.54, 1.807) is 6.07 Å². The number of alkyl halides is 9. The molecule has 2 aromatic rings. The van der Waals surface area contributed by atoms with Crippen molar-refractivity contribution in [2.24, 2.45) is 0 Å². The molecule has 142 valence electrons. The molecule has 1 heterocycles. The molecular formula is C15H10F9GeN. The monoisotopic (exact) mass is 451 g/mol. The molecule has 0 aliphatic rings. The maximum absolute atomic E-state index is 13.4. The van der Waals surface area contributed by atoms with Gasteiger partial charge in [-0.2, -0.15) is 0 Å². The Morgan fingerprint density at radius 2 is 1.31 bits per heavy atom. The van der Waals surface area contributed by atoms with E-state index in [2.05, 4.69) is 4.98 Å². The third-order valence-electron chi connectivity index (χ3n) is 3.44. The molecule has 0 saturated carbocycles. The summed E-state index contributed by atoms with van der Waals surface area (Å²) in [5, 5.41) is -25.3. The van der Waals surface area contributed by atoms with Crippen LogP contribution in [0.3, 0.4) is 0 Å². The Balaban J connectivity index is 2.81. The minimum absolute atomic E-state index is 0.185. The first-order valence-corrected chi connectivity index (χ1v) is 11.0. The molecule has 0 spiro atoms. The average molecular weight is 450 g/mol. The molecule has 0 fully saturated rings. The van der Waals surface area contributed by atoms with Crippen molar-refractivity contribution in [3.05, 3.63) is 54.2 Å². The van der Waals surface area contributed by atoms with E-state index in [1.165, 1.54) is 24.3 Å². The van der Waals surface area contributed by atoms with Crippen molar-refractivity contribution < 1.29 is 42.3 Å². The van der Waals surface area contributed by atoms with Crippen LogP contribution >= 0.6 is 0 Å². The first-order chi connectivity index (χ1) is 12.6. The number of hydrogen-bond donors (Lipinski definition) is 0. The van der Waals surface area contributed by atoms with E-state index in [0.29, 0.717) is 18.3 Å². The summed E-state index contributed by atoms with van der Waals surface area (Å²) in [6.45, 7) is 0. The Morgan fingerprint density at radius 3 is 1.77 bits per heavy atom. The predicted octanol–water partition coefficient (Wildman–Crippen LogP) is 5.58. The van der Waals surface area contributed by atoms with E-state index in [0.717, 1.165) is 0 Å². The standard InChI is InChI=1S/C15H10F9GeN/c16-13(17,18)25(14(19,20)21,15(22,23)24)9-10-6-7-26-12(8-10)11-4-2-1-3-5-11/h1-8H,9H2/i9D2. The predicted molar refractivity (Wildman–Crippen MR) is 77.3 cm³/mol. The molecule has 0 N–H and O–H groups in total. The molecule has 2 rings (SSSR count). The van der Waals surface area contributed by atoms with Crippen LogP contribution in [-0.2, 0) is 5.21 Å². The summed E-state index contributed by atoms with van der Waals surface area (Å²) in [6, 6.07) is 8.09. The van der Waals surface area contributed by atoms with Crippen LogP contribution in [0.25, 0.3) is 11.3 Å². The van der Waals surface area contributed by atoms with E-state index in [1.807, 2.05) is 0 Å². The minimum atomic E-state index is -9.40. The second-order valence-corrected chi connectivity index (χ2v) is 12.4. The zero-order valence-corrected chi connectivity index (χ0v) is 14.6. The Bertz CT molecular complexity index is 796. The number of hydrogen-bond acceptors (Lipinski definition) is 1. The van der Waals surface area contributed by atoms with Gasteiger partial charge >= 0.3 is 146 Å². The van der Waals surface area contributed by atoms with Gasteiger partial charge in [-0.15, -0.1) is 0 Å². The fourth-order valence-corrected chi connectivity index (χ4v) is 6.34. The summed E-state index contributed by atoms with van der Waals surface area (Å²) in [5.74, 6) is 0. The van der Waals surface area contributed by atoms with Crippen molar-refractivity contribution in [1.29, 1.82) is 0 Å². The summed E-state index contributed by atoms with van der Waals surface area (Å²) in [5.41, 5.74) is -1.46. The molecule has 0 radical (unpaired) electrons. The van der Waals surface area contributed by atoms with Crippen LogP contribution in [-0.4, -0.2) is 33.3 Å². The fraction of sp³-hybridized carbons (Fsp3) is 0.267. The van der Waals surface area contributed by atoms with Crippen molar-refractivity contribution in [1.82, 2.24) is 4.98 Å². The molecule has 0 unspecified atom stereocenters. The quantitative estimate of drug-likeness (QED) is 0.440. The van der Waals surface area contributed by atoms with Crippen LogP contribution in [0.15, 0.2) is 48.7 Å². The van der Waals surface area contributed by atoms with E-state index in [9.17, 15) is 39.5 Å². The number of nitrogens with zero attached hydrogens (tertiary/aromatic N) is 1. The first-order valence-electron chi connectivity index (χ1n) is 7.79. The van der Waals surface area contributed by atoms with Crippen molar-refractivity contribution in [3.63, 3.8) is 0 Å². The summed E-state index contributed by atoms with van der Waals surface area (Å²) in [4.78, 5) is 3.70. The fourth-order valence-electron chi connectivity index (χ4n) is 2.19. The summed E-state index contributed by atoms with van der Waals surface area (Å²) >= 11 is -9.40. The Morgan fingerprint density at radius 1 is 0.808 bits per heavy atom. The van der Waals surface area contributed by atoms with Gasteiger partial charge in [-0.25, -0.2) is 0 Å². The molecule has 0 atom stereocenters. The maximum atomic E-state index is 13.4. The normalized spacial score (nSPS) is 15.4. The first kappa shape index (κ1) is 17.7. The zero-order valence-electron chi connectivity index (χ0n) is 14.5. The Kier molecular flexibility index (Phi) is 4.61. The molecule has 0 aliphatic carbocycles. The second kappa shape index (κ2) is 6.78. The van der Waals surface area contributed by atoms with Crippen LogP contribution < -0.4 is 0 Å². The van der Waals surface area contributed by atoms with Crippen LogP contribution in [0.2, 0.25) is 0 Å². The van der Waals surface area contributed by atoms with Crippen LogP contribution in [0, 0.1) is 0 Å². The molecule has 11 heteroatoms. The molecule has 1 aromatic heterocycles. The van der Waals surface area contributed by atoms with Gasteiger partial charge in [-0.1, -0.05) is 0 Å². The van der Waals surface area contributed by atoms with Gasteiger partial charge in [-0.05, 0) is 0 Å². The molecule has 1 nitrogen and oxygen atoms in total. The summed E-state index contributed by atoms with van der Waals surface area (Å²) in [7, 11) is 0. The van der Waals surface area contributed by atoms with Crippen LogP contribution in [0.1, 0.15) is 8.30 Å². The number of pyridine rings is 1. The zero-order chi connectivity index (χ0) is 21.6. The van der Waals surface area contributed by atoms with Gasteiger partial charge in [0.2, 0.25) is 0 Å². The SMILES string of the molecule is [2H][C]([2H])(c1ccnc(-c2ccccc2)c1)[Ge]([C](F)(F)F)([C](F)(F)F)[C](F)(F)F. The van der Waals surface area contributed by atoms with Crippen molar-refractivity contribution >= 4 is 13.3 Å². The van der Waals surface area contributed by atoms with E-state index in [-0.39, 0.29) is 11.3 Å². The number of benzene rings is 1. The van der Waals surface area contributed by atoms with Crippen LogP contribution in [0.5, 0.6) is 0 Å². The average Bonchev–Trinajstić information content (AvgIpc) is 2.51. The molecule has 0 aliphatic heterocycles. The summed E-state index contributed by atoms with van der Waals surface area (Å²) in [6.07, 6.45) is 0.672. The van der Waals surface area contributed by atoms with Gasteiger partial charge in [-0.3, -0.25) is 0 Å². The number of aromatic nitrogens is 1. The number of rotatable bonds is 3. The van der Waals surface area contributed by atoms with E-state index in [4.69, 9.17) is 2.74 Å². The van der Waals surface area contributed by atoms with Gasteiger partial charge in [0.25, 0.3) is 0 Å². The van der Waals surface area contributed by atoms with Gasteiger partial charge < -0.3 is 0 Å². The Labute approximate surface area is 147 Å². The second-order valence-electron chi connectivity index (χ2n) is 5.16. The van der Waals surface area contributed by atoms with E-state index < -0.39 is 39.1 Å². The summed E-state index contributed by atoms with van der Waals surface area (Å²) < 4.78 is 135. The number of halogens is 9. The molecule has 0 amide bonds. The Hall–Kier alpha value is -1.72. The van der Waals surface area contributed by atoms with Gasteiger partial charge in [0, 0.05) is 0 Å². The molecular weight excluding hydrogens is 438 g/mol. The third kappa shape index (κ3) is 3.69. The van der Waals surface area contributed by atoms with Crippen molar-refractivity contribution in [2.75, 3.05) is 0 Å². The van der Waals surface area contributed by atoms with Crippen molar-refractivity contribution in [2.45, 2.75) is 20.2 Å². The third-order valence-corrected chi connectivity index (χ3v) is 10.2. The molecule has 0 bridgehead atoms. The van der Waals surface area contributed by atoms with Gasteiger partial charge in [0.05, 0.1) is 0 Å². The van der Waals surface area contributed by atoms with Crippen molar-refractivity contribution in [3.8, 4) is 11.3 Å². The molecule has 26 heavy (non-hydrogen) atoms. The molecule has 1 aromatic carbocycles. The van der Waals surface area contributed by atoms with Crippen LogP contribution in [0.4, 0.5) is 39.5 Å². The van der Waals surface area contributed by atoms with Gasteiger partial charge in [0.15, 0.2) is 0 Å². The van der Waals surface area contributed by atoms with Gasteiger partial charge in [0.1, 0.15) is 0 Å². The molecule has 0 saturated heterocycles.